The number of hydrogen-bond donors (Lipinski definition) is 0. The van der Waals surface area contributed by atoms with Crippen molar-refractivity contribution in [3.8, 4) is 11.3 Å². The van der Waals surface area contributed by atoms with Gasteiger partial charge in [0.1, 0.15) is 17.1 Å². The Morgan fingerprint density at radius 1 is 1.03 bits per heavy atom. The fraction of sp³-hybridized carbons (Fsp3) is 0.318. The Balaban J connectivity index is 1.56. The van der Waals surface area contributed by atoms with E-state index in [1.165, 1.54) is 13.2 Å². The number of carbonyl (C=O) groups is 3. The van der Waals surface area contributed by atoms with Crippen LogP contribution in [0.5, 0.6) is 0 Å². The van der Waals surface area contributed by atoms with Crippen LogP contribution in [0, 0.1) is 0 Å². The fourth-order valence-electron chi connectivity index (χ4n) is 3.61. The molecular formula is C22H20O7. The Kier molecular flexibility index (Phi) is 4.96. The van der Waals surface area contributed by atoms with Crippen molar-refractivity contribution in [2.75, 3.05) is 7.11 Å². The highest BCUT2D eigenvalue weighted by Crippen LogP contribution is 2.37. The average Bonchev–Trinajstić information content (AvgIpc) is 3.20. The number of benzene rings is 1. The van der Waals surface area contributed by atoms with Gasteiger partial charge in [0.25, 0.3) is 5.79 Å². The molecule has 0 N–H and O–H groups in total. The summed E-state index contributed by atoms with van der Waals surface area (Å²) in [7, 11) is 1.31. The van der Waals surface area contributed by atoms with Crippen LogP contribution in [-0.4, -0.2) is 30.8 Å². The molecule has 0 amide bonds. The monoisotopic (exact) mass is 396 g/mol. The summed E-state index contributed by atoms with van der Waals surface area (Å²) in [6, 6.07) is 10.1. The first-order valence-corrected chi connectivity index (χ1v) is 9.47. The summed E-state index contributed by atoms with van der Waals surface area (Å²) >= 11 is 0. The van der Waals surface area contributed by atoms with Crippen molar-refractivity contribution in [1.29, 1.82) is 0 Å². The highest BCUT2D eigenvalue weighted by molar-refractivity contribution is 6.18. The Bertz CT molecular complexity index is 970. The van der Waals surface area contributed by atoms with Gasteiger partial charge in [0.05, 0.1) is 12.7 Å². The van der Waals surface area contributed by atoms with Gasteiger partial charge in [0.15, 0.2) is 0 Å². The number of ether oxygens (including phenoxy) is 3. The number of methoxy groups -OCH3 is 1. The highest BCUT2D eigenvalue weighted by Gasteiger charge is 2.46. The van der Waals surface area contributed by atoms with Gasteiger partial charge in [0, 0.05) is 24.5 Å². The molecule has 7 heteroatoms. The fourth-order valence-corrected chi connectivity index (χ4v) is 3.61. The highest BCUT2D eigenvalue weighted by atomic mass is 16.7. The third-order valence-corrected chi connectivity index (χ3v) is 5.09. The Labute approximate surface area is 167 Å². The molecule has 0 unspecified atom stereocenters. The van der Waals surface area contributed by atoms with Gasteiger partial charge in [-0.05, 0) is 37.1 Å². The van der Waals surface area contributed by atoms with Crippen LogP contribution in [0.3, 0.4) is 0 Å². The molecule has 1 saturated carbocycles. The van der Waals surface area contributed by atoms with Crippen molar-refractivity contribution in [2.45, 2.75) is 37.9 Å². The maximum absolute atomic E-state index is 12.4. The molecule has 1 spiro atoms. The minimum Gasteiger partial charge on any atom is -0.465 e. The summed E-state index contributed by atoms with van der Waals surface area (Å²) in [5.41, 5.74) is 0.844. The minimum atomic E-state index is -1.12. The SMILES string of the molecule is COC(=O)c1cccc(-c2ccc(C=C3C(=O)OC4(CCCCC4)OC3=O)o2)c1. The Hall–Kier alpha value is -3.35. The summed E-state index contributed by atoms with van der Waals surface area (Å²) in [4.78, 5) is 36.6. The number of carbonyl (C=O) groups excluding carboxylic acids is 3. The molecule has 0 radical (unpaired) electrons. The molecule has 0 bridgehead atoms. The molecule has 0 atom stereocenters. The minimum absolute atomic E-state index is 0.203. The number of esters is 3. The molecule has 2 fully saturated rings. The lowest BCUT2D eigenvalue weighted by Crippen LogP contribution is -2.47. The Morgan fingerprint density at radius 3 is 2.45 bits per heavy atom. The van der Waals surface area contributed by atoms with E-state index in [0.29, 0.717) is 35.5 Å². The maximum Gasteiger partial charge on any atom is 0.349 e. The topological polar surface area (TPSA) is 92.0 Å². The van der Waals surface area contributed by atoms with Gasteiger partial charge >= 0.3 is 17.9 Å². The van der Waals surface area contributed by atoms with Crippen LogP contribution in [0.2, 0.25) is 0 Å². The van der Waals surface area contributed by atoms with E-state index in [9.17, 15) is 14.4 Å². The lowest BCUT2D eigenvalue weighted by Gasteiger charge is -2.38. The molecule has 1 aliphatic heterocycles. The largest absolute Gasteiger partial charge is 0.465 e. The second-order valence-corrected chi connectivity index (χ2v) is 7.08. The predicted molar refractivity (Wildman–Crippen MR) is 101 cm³/mol. The van der Waals surface area contributed by atoms with Gasteiger partial charge in [0.2, 0.25) is 0 Å². The van der Waals surface area contributed by atoms with E-state index in [-0.39, 0.29) is 5.57 Å². The van der Waals surface area contributed by atoms with Crippen LogP contribution in [0.15, 0.2) is 46.4 Å². The van der Waals surface area contributed by atoms with E-state index in [2.05, 4.69) is 0 Å². The van der Waals surface area contributed by atoms with Crippen LogP contribution in [0.1, 0.15) is 48.2 Å². The summed E-state index contributed by atoms with van der Waals surface area (Å²) in [6.07, 6.45) is 5.11. The van der Waals surface area contributed by atoms with Crippen molar-refractivity contribution in [2.24, 2.45) is 0 Å². The Morgan fingerprint density at radius 2 is 1.76 bits per heavy atom. The second kappa shape index (κ2) is 7.58. The normalized spacial score (nSPS) is 18.2. The standard InChI is InChI=1S/C22H20O7/c1-26-19(23)15-7-5-6-14(12-15)18-9-8-16(27-18)13-17-20(24)28-22(29-21(17)25)10-3-2-4-11-22/h5-9,12-13H,2-4,10-11H2,1H3. The number of furan rings is 1. The van der Waals surface area contributed by atoms with Crippen molar-refractivity contribution in [3.05, 3.63) is 53.3 Å². The maximum atomic E-state index is 12.4. The molecule has 1 aromatic heterocycles. The second-order valence-electron chi connectivity index (χ2n) is 7.08. The van der Waals surface area contributed by atoms with Crippen molar-refractivity contribution >= 4 is 24.0 Å². The van der Waals surface area contributed by atoms with E-state index in [0.717, 1.165) is 19.3 Å². The van der Waals surface area contributed by atoms with Crippen LogP contribution in [0.4, 0.5) is 0 Å². The average molecular weight is 396 g/mol. The molecular weight excluding hydrogens is 376 g/mol. The molecule has 1 saturated heterocycles. The van der Waals surface area contributed by atoms with Gasteiger partial charge in [-0.1, -0.05) is 18.6 Å². The molecule has 7 nitrogen and oxygen atoms in total. The predicted octanol–water partition coefficient (Wildman–Crippen LogP) is 3.88. The first-order chi connectivity index (χ1) is 14.0. The summed E-state index contributed by atoms with van der Waals surface area (Å²) < 4.78 is 21.4. The third-order valence-electron chi connectivity index (χ3n) is 5.09. The lowest BCUT2D eigenvalue weighted by molar-refractivity contribution is -0.244. The van der Waals surface area contributed by atoms with Crippen LogP contribution >= 0.6 is 0 Å². The molecule has 1 aliphatic carbocycles. The first kappa shape index (κ1) is 19.0. The zero-order valence-corrected chi connectivity index (χ0v) is 15.9. The molecule has 150 valence electrons. The molecule has 2 aromatic rings. The van der Waals surface area contributed by atoms with E-state index >= 15 is 0 Å². The van der Waals surface area contributed by atoms with E-state index < -0.39 is 23.7 Å². The van der Waals surface area contributed by atoms with Gasteiger partial charge in [-0.3, -0.25) is 0 Å². The van der Waals surface area contributed by atoms with E-state index in [1.54, 1.807) is 36.4 Å². The molecule has 2 aliphatic rings. The number of rotatable bonds is 3. The zero-order valence-electron chi connectivity index (χ0n) is 15.9. The van der Waals surface area contributed by atoms with Gasteiger partial charge < -0.3 is 18.6 Å². The summed E-state index contributed by atoms with van der Waals surface area (Å²) in [5, 5.41) is 0. The summed E-state index contributed by atoms with van der Waals surface area (Å²) in [5.74, 6) is -2.20. The molecule has 1 aromatic carbocycles. The van der Waals surface area contributed by atoms with Crippen LogP contribution in [-0.2, 0) is 23.8 Å². The molecule has 4 rings (SSSR count). The van der Waals surface area contributed by atoms with E-state index in [4.69, 9.17) is 18.6 Å². The lowest BCUT2D eigenvalue weighted by atomic mass is 9.93. The molecule has 2 heterocycles. The van der Waals surface area contributed by atoms with Gasteiger partial charge in [-0.15, -0.1) is 0 Å². The van der Waals surface area contributed by atoms with Crippen LogP contribution in [0.25, 0.3) is 17.4 Å². The van der Waals surface area contributed by atoms with Gasteiger partial charge in [-0.25, -0.2) is 14.4 Å². The summed E-state index contributed by atoms with van der Waals surface area (Å²) in [6.45, 7) is 0. The molecule has 29 heavy (non-hydrogen) atoms. The third kappa shape index (κ3) is 3.81. The van der Waals surface area contributed by atoms with E-state index in [1.807, 2.05) is 0 Å². The van der Waals surface area contributed by atoms with Crippen LogP contribution < -0.4 is 0 Å². The van der Waals surface area contributed by atoms with Gasteiger partial charge in [-0.2, -0.15) is 0 Å². The smallest absolute Gasteiger partial charge is 0.349 e. The quantitative estimate of drug-likeness (QED) is 0.442. The van der Waals surface area contributed by atoms with Crippen molar-refractivity contribution in [1.82, 2.24) is 0 Å². The number of hydrogen-bond acceptors (Lipinski definition) is 7. The van der Waals surface area contributed by atoms with Crippen molar-refractivity contribution < 1.29 is 33.0 Å². The zero-order chi connectivity index (χ0) is 20.4. The first-order valence-electron chi connectivity index (χ1n) is 9.47. The van der Waals surface area contributed by atoms with Crippen molar-refractivity contribution in [3.63, 3.8) is 0 Å².